The molecule has 0 aliphatic rings. The van der Waals surface area contributed by atoms with Crippen LogP contribution in [-0.2, 0) is 11.2 Å². The van der Waals surface area contributed by atoms with E-state index < -0.39 is 0 Å². The van der Waals surface area contributed by atoms with Crippen molar-refractivity contribution in [2.24, 2.45) is 0 Å². The van der Waals surface area contributed by atoms with Crippen LogP contribution in [0.25, 0.3) is 0 Å². The second-order valence-electron chi connectivity index (χ2n) is 4.85. The number of halogens is 1. The number of rotatable bonds is 5. The van der Waals surface area contributed by atoms with Crippen molar-refractivity contribution in [2.75, 3.05) is 11.9 Å². The summed E-state index contributed by atoms with van der Waals surface area (Å²) in [6.45, 7) is 2.13. The molecule has 3 N–H and O–H groups in total. The van der Waals surface area contributed by atoms with Crippen LogP contribution < -0.4 is 16.2 Å². The fourth-order valence-electron chi connectivity index (χ4n) is 2.06. The Kier molecular flexibility index (Phi) is 6.17. The number of benzene rings is 2. The topological polar surface area (TPSA) is 70.2 Å². The standard InChI is InChI=1S/C17H18BrN3O2/c1-2-12-7-3-6-10-15(12)19-11-16(22)20-21-17(23)13-8-4-5-9-14(13)18/h3-10,19H,2,11H2,1H3,(H,20,22)(H,21,23). The zero-order valence-corrected chi connectivity index (χ0v) is 14.3. The zero-order chi connectivity index (χ0) is 16.7. The van der Waals surface area contributed by atoms with Crippen molar-refractivity contribution in [1.82, 2.24) is 10.9 Å². The molecule has 0 aliphatic heterocycles. The molecule has 0 unspecified atom stereocenters. The number of anilines is 1. The Bertz CT molecular complexity index is 704. The minimum absolute atomic E-state index is 0.0766. The summed E-state index contributed by atoms with van der Waals surface area (Å²) < 4.78 is 0.668. The molecule has 2 aromatic rings. The van der Waals surface area contributed by atoms with Gasteiger partial charge >= 0.3 is 0 Å². The van der Waals surface area contributed by atoms with Gasteiger partial charge in [-0.1, -0.05) is 37.3 Å². The zero-order valence-electron chi connectivity index (χ0n) is 12.7. The van der Waals surface area contributed by atoms with E-state index in [4.69, 9.17) is 0 Å². The first-order valence-corrected chi connectivity index (χ1v) is 8.06. The first kappa shape index (κ1) is 17.0. The van der Waals surface area contributed by atoms with E-state index >= 15 is 0 Å². The lowest BCUT2D eigenvalue weighted by atomic mass is 10.1. The molecule has 0 spiro atoms. The van der Waals surface area contributed by atoms with Crippen molar-refractivity contribution in [2.45, 2.75) is 13.3 Å². The Labute approximate surface area is 143 Å². The molecule has 0 aromatic heterocycles. The Morgan fingerprint density at radius 3 is 2.43 bits per heavy atom. The molecule has 0 fully saturated rings. The SMILES string of the molecule is CCc1ccccc1NCC(=O)NNC(=O)c1ccccc1Br. The number of amides is 2. The van der Waals surface area contributed by atoms with E-state index in [1.165, 1.54) is 0 Å². The van der Waals surface area contributed by atoms with Crippen molar-refractivity contribution in [1.29, 1.82) is 0 Å². The molecule has 0 saturated carbocycles. The molecule has 6 heteroatoms. The quantitative estimate of drug-likeness (QED) is 0.703. The summed E-state index contributed by atoms with van der Waals surface area (Å²) in [7, 11) is 0. The molecule has 2 aromatic carbocycles. The average Bonchev–Trinajstić information content (AvgIpc) is 2.58. The highest BCUT2D eigenvalue weighted by molar-refractivity contribution is 9.10. The summed E-state index contributed by atoms with van der Waals surface area (Å²) in [5, 5.41) is 3.07. The fourth-order valence-corrected chi connectivity index (χ4v) is 2.52. The molecular formula is C17H18BrN3O2. The van der Waals surface area contributed by atoms with Crippen molar-refractivity contribution < 1.29 is 9.59 Å². The van der Waals surface area contributed by atoms with E-state index in [1.807, 2.05) is 30.3 Å². The minimum atomic E-state index is -0.375. The van der Waals surface area contributed by atoms with Crippen LogP contribution in [0.15, 0.2) is 53.0 Å². The Morgan fingerprint density at radius 2 is 1.70 bits per heavy atom. The van der Waals surface area contributed by atoms with Gasteiger partial charge in [0.25, 0.3) is 11.8 Å². The average molecular weight is 376 g/mol. The molecule has 120 valence electrons. The molecule has 23 heavy (non-hydrogen) atoms. The lowest BCUT2D eigenvalue weighted by Gasteiger charge is -2.12. The van der Waals surface area contributed by atoms with Crippen LogP contribution in [0.2, 0.25) is 0 Å². The van der Waals surface area contributed by atoms with E-state index in [9.17, 15) is 9.59 Å². The molecular weight excluding hydrogens is 358 g/mol. The largest absolute Gasteiger partial charge is 0.376 e. The molecule has 0 heterocycles. The van der Waals surface area contributed by atoms with Crippen LogP contribution in [0.3, 0.4) is 0 Å². The van der Waals surface area contributed by atoms with Crippen molar-refractivity contribution >= 4 is 33.4 Å². The van der Waals surface area contributed by atoms with Crippen LogP contribution >= 0.6 is 15.9 Å². The second kappa shape index (κ2) is 8.33. The van der Waals surface area contributed by atoms with Crippen LogP contribution in [0.1, 0.15) is 22.8 Å². The van der Waals surface area contributed by atoms with Crippen molar-refractivity contribution in [3.63, 3.8) is 0 Å². The maximum Gasteiger partial charge on any atom is 0.270 e. The maximum absolute atomic E-state index is 12.0. The van der Waals surface area contributed by atoms with E-state index in [0.717, 1.165) is 17.7 Å². The summed E-state index contributed by atoms with van der Waals surface area (Å²) in [4.78, 5) is 23.8. The Morgan fingerprint density at radius 1 is 1.00 bits per heavy atom. The number of hydrogen-bond acceptors (Lipinski definition) is 3. The highest BCUT2D eigenvalue weighted by atomic mass is 79.9. The summed E-state index contributed by atoms with van der Waals surface area (Å²) >= 11 is 3.30. The van der Waals surface area contributed by atoms with Gasteiger partial charge < -0.3 is 5.32 Å². The van der Waals surface area contributed by atoms with Gasteiger partial charge in [0.1, 0.15) is 0 Å². The highest BCUT2D eigenvalue weighted by Gasteiger charge is 2.10. The first-order valence-electron chi connectivity index (χ1n) is 7.27. The summed E-state index contributed by atoms with van der Waals surface area (Å²) in [5.41, 5.74) is 7.30. The molecule has 2 amide bonds. The van der Waals surface area contributed by atoms with Crippen LogP contribution in [-0.4, -0.2) is 18.4 Å². The van der Waals surface area contributed by atoms with E-state index in [-0.39, 0.29) is 18.4 Å². The van der Waals surface area contributed by atoms with Gasteiger partial charge in [0, 0.05) is 10.2 Å². The van der Waals surface area contributed by atoms with Gasteiger partial charge in [0.2, 0.25) is 0 Å². The molecule has 0 bridgehead atoms. The van der Waals surface area contributed by atoms with E-state index in [2.05, 4.69) is 39.0 Å². The van der Waals surface area contributed by atoms with E-state index in [1.54, 1.807) is 18.2 Å². The minimum Gasteiger partial charge on any atom is -0.376 e. The van der Waals surface area contributed by atoms with Gasteiger partial charge in [-0.3, -0.25) is 20.4 Å². The lowest BCUT2D eigenvalue weighted by molar-refractivity contribution is -0.120. The maximum atomic E-state index is 12.0. The Balaban J connectivity index is 1.84. The van der Waals surface area contributed by atoms with Gasteiger partial charge in [-0.05, 0) is 46.1 Å². The van der Waals surface area contributed by atoms with Gasteiger partial charge in [-0.25, -0.2) is 0 Å². The number of nitrogens with one attached hydrogen (secondary N) is 3. The van der Waals surface area contributed by atoms with Gasteiger partial charge in [0.15, 0.2) is 0 Å². The van der Waals surface area contributed by atoms with Crippen LogP contribution in [0.5, 0.6) is 0 Å². The van der Waals surface area contributed by atoms with Crippen LogP contribution in [0, 0.1) is 0 Å². The van der Waals surface area contributed by atoms with Gasteiger partial charge in [-0.2, -0.15) is 0 Å². The normalized spacial score (nSPS) is 10.0. The molecule has 0 saturated heterocycles. The molecule has 0 radical (unpaired) electrons. The molecule has 2 rings (SSSR count). The monoisotopic (exact) mass is 375 g/mol. The third kappa shape index (κ3) is 4.82. The second-order valence-corrected chi connectivity index (χ2v) is 5.70. The number of para-hydroxylation sites is 1. The van der Waals surface area contributed by atoms with Crippen molar-refractivity contribution in [3.05, 3.63) is 64.1 Å². The third-order valence-corrected chi connectivity index (χ3v) is 3.96. The van der Waals surface area contributed by atoms with E-state index in [0.29, 0.717) is 10.0 Å². The third-order valence-electron chi connectivity index (χ3n) is 3.27. The molecule has 5 nitrogen and oxygen atoms in total. The smallest absolute Gasteiger partial charge is 0.270 e. The number of carbonyl (C=O) groups is 2. The predicted molar refractivity (Wildman–Crippen MR) is 94.1 cm³/mol. The Hall–Kier alpha value is -2.34. The fraction of sp³-hybridized carbons (Fsp3) is 0.176. The number of aryl methyl sites for hydroxylation is 1. The summed E-state index contributed by atoms with van der Waals surface area (Å²) in [5.74, 6) is -0.698. The number of hydrogen-bond donors (Lipinski definition) is 3. The van der Waals surface area contributed by atoms with Gasteiger partial charge in [-0.15, -0.1) is 0 Å². The molecule has 0 atom stereocenters. The van der Waals surface area contributed by atoms with Crippen molar-refractivity contribution in [3.8, 4) is 0 Å². The highest BCUT2D eigenvalue weighted by Crippen LogP contribution is 2.15. The summed E-state index contributed by atoms with van der Waals surface area (Å²) in [6, 6.07) is 14.8. The lowest BCUT2D eigenvalue weighted by Crippen LogP contribution is -2.44. The number of carbonyl (C=O) groups excluding carboxylic acids is 2. The first-order chi connectivity index (χ1) is 11.1. The van der Waals surface area contributed by atoms with Gasteiger partial charge in [0.05, 0.1) is 12.1 Å². The molecule has 0 aliphatic carbocycles. The van der Waals surface area contributed by atoms with Crippen LogP contribution in [0.4, 0.5) is 5.69 Å². The number of hydrazine groups is 1. The summed E-state index contributed by atoms with van der Waals surface area (Å²) in [6.07, 6.45) is 0.879. The predicted octanol–water partition coefficient (Wildman–Crippen LogP) is 2.88.